The SMILES string of the molecule is CC1(S(=O)(=O)NCCCN)CC1. The van der Waals surface area contributed by atoms with Crippen molar-refractivity contribution in [1.29, 1.82) is 0 Å². The fourth-order valence-corrected chi connectivity index (χ4v) is 2.33. The highest BCUT2D eigenvalue weighted by Crippen LogP contribution is 2.41. The van der Waals surface area contributed by atoms with E-state index in [1.165, 1.54) is 0 Å². The van der Waals surface area contributed by atoms with Crippen LogP contribution in [-0.2, 0) is 10.0 Å². The maximum Gasteiger partial charge on any atom is 0.217 e. The second kappa shape index (κ2) is 3.32. The van der Waals surface area contributed by atoms with E-state index in [0.717, 1.165) is 12.8 Å². The molecule has 1 fully saturated rings. The van der Waals surface area contributed by atoms with Crippen molar-refractivity contribution in [2.45, 2.75) is 30.9 Å². The molecule has 0 amide bonds. The summed E-state index contributed by atoms with van der Waals surface area (Å²) in [7, 11) is -3.06. The molecule has 5 heteroatoms. The fraction of sp³-hybridized carbons (Fsp3) is 1.00. The van der Waals surface area contributed by atoms with Crippen molar-refractivity contribution >= 4 is 10.0 Å². The van der Waals surface area contributed by atoms with Gasteiger partial charge in [-0.15, -0.1) is 0 Å². The molecule has 12 heavy (non-hydrogen) atoms. The molecule has 4 nitrogen and oxygen atoms in total. The Labute approximate surface area is 73.6 Å². The van der Waals surface area contributed by atoms with Crippen LogP contribution in [0.2, 0.25) is 0 Å². The van der Waals surface area contributed by atoms with Crippen LogP contribution in [0, 0.1) is 0 Å². The maximum atomic E-state index is 11.4. The molecule has 0 spiro atoms. The Bertz CT molecular complexity index is 244. The van der Waals surface area contributed by atoms with Gasteiger partial charge in [-0.1, -0.05) is 0 Å². The average Bonchev–Trinajstić information content (AvgIpc) is 2.70. The van der Waals surface area contributed by atoms with Gasteiger partial charge in [0.15, 0.2) is 0 Å². The van der Waals surface area contributed by atoms with Gasteiger partial charge in [0.05, 0.1) is 4.75 Å². The van der Waals surface area contributed by atoms with Crippen molar-refractivity contribution < 1.29 is 8.42 Å². The molecule has 0 unspecified atom stereocenters. The van der Waals surface area contributed by atoms with Gasteiger partial charge in [0.25, 0.3) is 0 Å². The zero-order chi connectivity index (χ0) is 9.24. The second-order valence-electron chi connectivity index (χ2n) is 3.49. The van der Waals surface area contributed by atoms with E-state index >= 15 is 0 Å². The molecule has 1 saturated carbocycles. The minimum atomic E-state index is -3.06. The summed E-state index contributed by atoms with van der Waals surface area (Å²) in [5.41, 5.74) is 5.25. The van der Waals surface area contributed by atoms with Gasteiger partial charge < -0.3 is 5.73 Å². The second-order valence-corrected chi connectivity index (χ2v) is 5.77. The molecule has 0 aromatic carbocycles. The molecule has 72 valence electrons. The molecule has 0 heterocycles. The zero-order valence-corrected chi connectivity index (χ0v) is 8.15. The van der Waals surface area contributed by atoms with Gasteiger partial charge in [0.1, 0.15) is 0 Å². The van der Waals surface area contributed by atoms with E-state index < -0.39 is 14.8 Å². The van der Waals surface area contributed by atoms with Crippen molar-refractivity contribution in [3.8, 4) is 0 Å². The number of rotatable bonds is 5. The van der Waals surface area contributed by atoms with E-state index in [0.29, 0.717) is 19.5 Å². The Kier molecular flexibility index (Phi) is 2.75. The highest BCUT2D eigenvalue weighted by molar-refractivity contribution is 7.91. The lowest BCUT2D eigenvalue weighted by atomic mass is 10.4. The van der Waals surface area contributed by atoms with Crippen molar-refractivity contribution in [2.75, 3.05) is 13.1 Å². The normalized spacial score (nSPS) is 20.8. The van der Waals surface area contributed by atoms with Crippen LogP contribution in [0.5, 0.6) is 0 Å². The minimum Gasteiger partial charge on any atom is -0.330 e. The number of nitrogens with two attached hydrogens (primary N) is 1. The summed E-state index contributed by atoms with van der Waals surface area (Å²) in [5, 5.41) is 0. The van der Waals surface area contributed by atoms with Gasteiger partial charge in [0.2, 0.25) is 10.0 Å². The Morgan fingerprint density at radius 1 is 1.50 bits per heavy atom. The summed E-state index contributed by atoms with van der Waals surface area (Å²) >= 11 is 0. The van der Waals surface area contributed by atoms with Gasteiger partial charge in [-0.2, -0.15) is 0 Å². The molecule has 0 saturated heterocycles. The van der Waals surface area contributed by atoms with Gasteiger partial charge in [-0.25, -0.2) is 13.1 Å². The largest absolute Gasteiger partial charge is 0.330 e. The summed E-state index contributed by atoms with van der Waals surface area (Å²) in [6.45, 7) is 2.77. The highest BCUT2D eigenvalue weighted by Gasteiger charge is 2.49. The minimum absolute atomic E-state index is 0.467. The third kappa shape index (κ3) is 1.97. The molecule has 0 atom stereocenters. The molecule has 0 aromatic rings. The predicted molar refractivity (Wildman–Crippen MR) is 48.2 cm³/mol. The van der Waals surface area contributed by atoms with E-state index in [1.54, 1.807) is 6.92 Å². The topological polar surface area (TPSA) is 72.2 Å². The summed E-state index contributed by atoms with van der Waals surface area (Å²) < 4.78 is 24.9. The molecule has 0 bridgehead atoms. The summed E-state index contributed by atoms with van der Waals surface area (Å²) in [5.74, 6) is 0. The molecule has 1 rings (SSSR count). The molecule has 3 N–H and O–H groups in total. The summed E-state index contributed by atoms with van der Waals surface area (Å²) in [4.78, 5) is 0. The fourth-order valence-electron chi connectivity index (χ4n) is 0.928. The lowest BCUT2D eigenvalue weighted by Gasteiger charge is -2.10. The van der Waals surface area contributed by atoms with Crippen LogP contribution in [0.15, 0.2) is 0 Å². The lowest BCUT2D eigenvalue weighted by Crippen LogP contribution is -2.35. The van der Waals surface area contributed by atoms with E-state index in [1.807, 2.05) is 0 Å². The maximum absolute atomic E-state index is 11.4. The summed E-state index contributed by atoms with van der Waals surface area (Å²) in [6.07, 6.45) is 2.27. The van der Waals surface area contributed by atoms with Crippen LogP contribution in [0.4, 0.5) is 0 Å². The first-order valence-corrected chi connectivity index (χ1v) is 5.69. The average molecular weight is 192 g/mol. The zero-order valence-electron chi connectivity index (χ0n) is 7.34. The van der Waals surface area contributed by atoms with Crippen LogP contribution in [0.25, 0.3) is 0 Å². The van der Waals surface area contributed by atoms with Gasteiger partial charge in [-0.05, 0) is 32.7 Å². The molecular weight excluding hydrogens is 176 g/mol. The van der Waals surface area contributed by atoms with Gasteiger partial charge in [-0.3, -0.25) is 0 Å². The van der Waals surface area contributed by atoms with Crippen LogP contribution in [0.1, 0.15) is 26.2 Å². The molecule has 0 aromatic heterocycles. The molecule has 0 aliphatic heterocycles. The lowest BCUT2D eigenvalue weighted by molar-refractivity contribution is 0.565. The smallest absolute Gasteiger partial charge is 0.217 e. The Morgan fingerprint density at radius 2 is 2.08 bits per heavy atom. The Morgan fingerprint density at radius 3 is 2.50 bits per heavy atom. The number of nitrogens with one attached hydrogen (secondary N) is 1. The first-order chi connectivity index (χ1) is 5.52. The predicted octanol–water partition coefficient (Wildman–Crippen LogP) is -0.193. The van der Waals surface area contributed by atoms with Crippen LogP contribution >= 0.6 is 0 Å². The van der Waals surface area contributed by atoms with Crippen LogP contribution in [-0.4, -0.2) is 26.3 Å². The summed E-state index contributed by atoms with van der Waals surface area (Å²) in [6, 6.07) is 0. The monoisotopic (exact) mass is 192 g/mol. The molecule has 1 aliphatic carbocycles. The number of sulfonamides is 1. The third-order valence-corrected chi connectivity index (χ3v) is 4.57. The Balaban J connectivity index is 2.40. The third-order valence-electron chi connectivity index (χ3n) is 2.28. The van der Waals surface area contributed by atoms with Gasteiger partial charge in [0, 0.05) is 6.54 Å². The molecular formula is C7H16N2O2S. The highest BCUT2D eigenvalue weighted by atomic mass is 32.2. The first kappa shape index (κ1) is 9.95. The van der Waals surface area contributed by atoms with E-state index in [4.69, 9.17) is 5.73 Å². The van der Waals surface area contributed by atoms with E-state index in [2.05, 4.69) is 4.72 Å². The van der Waals surface area contributed by atoms with Crippen molar-refractivity contribution in [2.24, 2.45) is 5.73 Å². The van der Waals surface area contributed by atoms with Crippen molar-refractivity contribution in [1.82, 2.24) is 4.72 Å². The number of hydrogen-bond acceptors (Lipinski definition) is 3. The molecule has 1 aliphatic rings. The number of hydrogen-bond donors (Lipinski definition) is 2. The van der Waals surface area contributed by atoms with Crippen LogP contribution in [0.3, 0.4) is 0 Å². The van der Waals surface area contributed by atoms with E-state index in [9.17, 15) is 8.42 Å². The van der Waals surface area contributed by atoms with Crippen molar-refractivity contribution in [3.63, 3.8) is 0 Å². The van der Waals surface area contributed by atoms with Crippen LogP contribution < -0.4 is 10.5 Å². The van der Waals surface area contributed by atoms with E-state index in [-0.39, 0.29) is 0 Å². The Hall–Kier alpha value is -0.130. The quantitative estimate of drug-likeness (QED) is 0.593. The first-order valence-electron chi connectivity index (χ1n) is 4.21. The molecule has 0 radical (unpaired) electrons. The standard InChI is InChI=1S/C7H16N2O2S/c1-7(3-4-7)12(10,11)9-6-2-5-8/h9H,2-6,8H2,1H3. The van der Waals surface area contributed by atoms with Gasteiger partial charge >= 0.3 is 0 Å². The van der Waals surface area contributed by atoms with Crippen molar-refractivity contribution in [3.05, 3.63) is 0 Å².